The Hall–Kier alpha value is -2.59. The van der Waals surface area contributed by atoms with Crippen LogP contribution in [0.4, 0.5) is 0 Å². The molecule has 1 aliphatic heterocycles. The summed E-state index contributed by atoms with van der Waals surface area (Å²) >= 11 is 0. The SMILES string of the molecule is CN1CCCC(COc2ccc3oc(-c4ccccc4)cc(=O)c3c2)C1. The van der Waals surface area contributed by atoms with Crippen LogP contribution in [0.25, 0.3) is 22.3 Å². The van der Waals surface area contributed by atoms with Crippen LogP contribution in [0.15, 0.2) is 63.8 Å². The molecule has 1 atom stereocenters. The number of rotatable bonds is 4. The lowest BCUT2D eigenvalue weighted by Crippen LogP contribution is -2.34. The largest absolute Gasteiger partial charge is 0.493 e. The van der Waals surface area contributed by atoms with Crippen molar-refractivity contribution in [3.05, 3.63) is 64.8 Å². The van der Waals surface area contributed by atoms with E-state index in [4.69, 9.17) is 9.15 Å². The van der Waals surface area contributed by atoms with E-state index in [0.29, 0.717) is 29.3 Å². The van der Waals surface area contributed by atoms with Crippen LogP contribution < -0.4 is 10.2 Å². The third kappa shape index (κ3) is 3.65. The molecule has 26 heavy (non-hydrogen) atoms. The molecule has 2 aromatic carbocycles. The van der Waals surface area contributed by atoms with Gasteiger partial charge in [-0.3, -0.25) is 4.79 Å². The van der Waals surface area contributed by atoms with E-state index in [9.17, 15) is 4.79 Å². The van der Waals surface area contributed by atoms with Crippen molar-refractivity contribution in [2.24, 2.45) is 5.92 Å². The van der Waals surface area contributed by atoms with Crippen molar-refractivity contribution < 1.29 is 9.15 Å². The van der Waals surface area contributed by atoms with Crippen LogP contribution in [0.5, 0.6) is 5.75 Å². The highest BCUT2D eigenvalue weighted by Crippen LogP contribution is 2.25. The number of hydrogen-bond donors (Lipinski definition) is 0. The monoisotopic (exact) mass is 349 g/mol. The van der Waals surface area contributed by atoms with Gasteiger partial charge in [0.25, 0.3) is 0 Å². The topological polar surface area (TPSA) is 42.7 Å². The van der Waals surface area contributed by atoms with E-state index >= 15 is 0 Å². The molecule has 0 spiro atoms. The predicted molar refractivity (Wildman–Crippen MR) is 104 cm³/mol. The minimum absolute atomic E-state index is 0.0482. The van der Waals surface area contributed by atoms with Crippen LogP contribution in [0.3, 0.4) is 0 Å². The highest BCUT2D eigenvalue weighted by atomic mass is 16.5. The third-order valence-corrected chi connectivity index (χ3v) is 4.96. The first-order valence-corrected chi connectivity index (χ1v) is 9.14. The Bertz CT molecular complexity index is 949. The molecule has 1 fully saturated rings. The second-order valence-corrected chi connectivity index (χ2v) is 7.08. The molecule has 1 aliphatic rings. The summed E-state index contributed by atoms with van der Waals surface area (Å²) in [5.74, 6) is 1.86. The van der Waals surface area contributed by atoms with Crippen molar-refractivity contribution in [2.45, 2.75) is 12.8 Å². The zero-order valence-electron chi connectivity index (χ0n) is 15.0. The lowest BCUT2D eigenvalue weighted by atomic mass is 9.99. The van der Waals surface area contributed by atoms with E-state index < -0.39 is 0 Å². The maximum Gasteiger partial charge on any atom is 0.193 e. The van der Waals surface area contributed by atoms with Gasteiger partial charge in [0.15, 0.2) is 5.43 Å². The van der Waals surface area contributed by atoms with E-state index in [-0.39, 0.29) is 5.43 Å². The van der Waals surface area contributed by atoms with E-state index in [0.717, 1.165) is 24.4 Å². The third-order valence-electron chi connectivity index (χ3n) is 4.96. The number of hydrogen-bond acceptors (Lipinski definition) is 4. The van der Waals surface area contributed by atoms with Gasteiger partial charge in [-0.1, -0.05) is 30.3 Å². The summed E-state index contributed by atoms with van der Waals surface area (Å²) in [5, 5.41) is 0.558. The normalized spacial score (nSPS) is 18.1. The van der Waals surface area contributed by atoms with Gasteiger partial charge < -0.3 is 14.1 Å². The fourth-order valence-electron chi connectivity index (χ4n) is 3.59. The maximum absolute atomic E-state index is 12.6. The van der Waals surface area contributed by atoms with Gasteiger partial charge in [-0.2, -0.15) is 0 Å². The number of fused-ring (bicyclic) bond motifs is 1. The average Bonchev–Trinajstić information content (AvgIpc) is 2.67. The molecule has 1 saturated heterocycles. The Morgan fingerprint density at radius 2 is 2.00 bits per heavy atom. The highest BCUT2D eigenvalue weighted by Gasteiger charge is 2.18. The molecule has 0 aliphatic carbocycles. The molecule has 4 rings (SSSR count). The highest BCUT2D eigenvalue weighted by molar-refractivity contribution is 5.80. The van der Waals surface area contributed by atoms with E-state index in [2.05, 4.69) is 11.9 Å². The van der Waals surface area contributed by atoms with Gasteiger partial charge in [0.1, 0.15) is 17.1 Å². The van der Waals surface area contributed by atoms with Crippen LogP contribution in [0, 0.1) is 5.92 Å². The molecule has 0 amide bonds. The summed E-state index contributed by atoms with van der Waals surface area (Å²) in [4.78, 5) is 14.9. The Kier molecular flexibility index (Phi) is 4.76. The van der Waals surface area contributed by atoms with Crippen molar-refractivity contribution in [3.63, 3.8) is 0 Å². The molecule has 4 heteroatoms. The minimum Gasteiger partial charge on any atom is -0.493 e. The number of ether oxygens (including phenoxy) is 1. The van der Waals surface area contributed by atoms with Crippen LogP contribution >= 0.6 is 0 Å². The fraction of sp³-hybridized carbons (Fsp3) is 0.318. The van der Waals surface area contributed by atoms with Crippen LogP contribution in [-0.4, -0.2) is 31.6 Å². The van der Waals surface area contributed by atoms with Gasteiger partial charge in [-0.15, -0.1) is 0 Å². The Balaban J connectivity index is 1.56. The molecule has 3 aromatic rings. The quantitative estimate of drug-likeness (QED) is 0.709. The van der Waals surface area contributed by atoms with Gasteiger partial charge >= 0.3 is 0 Å². The van der Waals surface area contributed by atoms with Gasteiger partial charge in [-0.25, -0.2) is 0 Å². The summed E-state index contributed by atoms with van der Waals surface area (Å²) in [6.07, 6.45) is 2.41. The summed E-state index contributed by atoms with van der Waals surface area (Å²) in [7, 11) is 2.15. The molecule has 1 aromatic heterocycles. The summed E-state index contributed by atoms with van der Waals surface area (Å²) in [5.41, 5.74) is 1.43. The van der Waals surface area contributed by atoms with Gasteiger partial charge in [0.2, 0.25) is 0 Å². The van der Waals surface area contributed by atoms with Crippen LogP contribution in [0.1, 0.15) is 12.8 Å². The second kappa shape index (κ2) is 7.34. The van der Waals surface area contributed by atoms with E-state index in [1.54, 1.807) is 12.1 Å². The first-order valence-electron chi connectivity index (χ1n) is 9.14. The van der Waals surface area contributed by atoms with Crippen molar-refractivity contribution in [3.8, 4) is 17.1 Å². The van der Waals surface area contributed by atoms with E-state index in [1.165, 1.54) is 12.8 Å². The predicted octanol–water partition coefficient (Wildman–Crippen LogP) is 4.18. The van der Waals surface area contributed by atoms with Crippen LogP contribution in [-0.2, 0) is 0 Å². The van der Waals surface area contributed by atoms with Gasteiger partial charge in [-0.05, 0) is 44.6 Å². The van der Waals surface area contributed by atoms with Gasteiger partial charge in [0, 0.05) is 24.1 Å². The molecule has 2 heterocycles. The van der Waals surface area contributed by atoms with E-state index in [1.807, 2.05) is 42.5 Å². The number of benzene rings is 2. The maximum atomic E-state index is 12.6. The lowest BCUT2D eigenvalue weighted by Gasteiger charge is -2.29. The van der Waals surface area contributed by atoms with Crippen molar-refractivity contribution >= 4 is 11.0 Å². The molecule has 0 N–H and O–H groups in total. The molecule has 0 radical (unpaired) electrons. The molecule has 0 saturated carbocycles. The van der Waals surface area contributed by atoms with Crippen LogP contribution in [0.2, 0.25) is 0 Å². The fourth-order valence-corrected chi connectivity index (χ4v) is 3.59. The Morgan fingerprint density at radius 3 is 2.81 bits per heavy atom. The first-order chi connectivity index (χ1) is 12.7. The second-order valence-electron chi connectivity index (χ2n) is 7.08. The van der Waals surface area contributed by atoms with Crippen molar-refractivity contribution in [1.82, 2.24) is 4.90 Å². The van der Waals surface area contributed by atoms with Gasteiger partial charge in [0.05, 0.1) is 12.0 Å². The number of piperidine rings is 1. The summed E-state index contributed by atoms with van der Waals surface area (Å²) in [6, 6.07) is 16.7. The molecular weight excluding hydrogens is 326 g/mol. The smallest absolute Gasteiger partial charge is 0.193 e. The molecule has 0 bridgehead atoms. The number of likely N-dealkylation sites (tertiary alicyclic amines) is 1. The average molecular weight is 349 g/mol. The zero-order chi connectivity index (χ0) is 17.9. The summed E-state index contributed by atoms with van der Waals surface area (Å²) < 4.78 is 11.9. The molecule has 134 valence electrons. The minimum atomic E-state index is -0.0482. The summed E-state index contributed by atoms with van der Waals surface area (Å²) in [6.45, 7) is 2.91. The molecular formula is C22H23NO3. The first kappa shape index (κ1) is 16.9. The molecule has 4 nitrogen and oxygen atoms in total. The van der Waals surface area contributed by atoms with Crippen molar-refractivity contribution in [1.29, 1.82) is 0 Å². The Labute approximate surface area is 153 Å². The Morgan fingerprint density at radius 1 is 1.15 bits per heavy atom. The lowest BCUT2D eigenvalue weighted by molar-refractivity contribution is 0.150. The number of nitrogens with zero attached hydrogens (tertiary/aromatic N) is 1. The molecule has 1 unspecified atom stereocenters. The zero-order valence-corrected chi connectivity index (χ0v) is 15.0. The standard InChI is InChI=1S/C22H23NO3/c1-23-11-5-6-16(14-23)15-25-18-9-10-21-19(12-18)20(24)13-22(26-21)17-7-3-2-4-8-17/h2-4,7-10,12-13,16H,5-6,11,14-15H2,1H3. The van der Waals surface area contributed by atoms with Crippen molar-refractivity contribution in [2.75, 3.05) is 26.7 Å².